The zero-order chi connectivity index (χ0) is 18.8. The van der Waals surface area contributed by atoms with Crippen molar-refractivity contribution in [3.05, 3.63) is 106 Å². The van der Waals surface area contributed by atoms with Crippen LogP contribution in [-0.4, -0.2) is 10.6 Å². The summed E-state index contributed by atoms with van der Waals surface area (Å²) in [5.41, 5.74) is 5.77. The average Bonchev–Trinajstić information content (AvgIpc) is 2.88. The van der Waals surface area contributed by atoms with Gasteiger partial charge in [0.25, 0.3) is 0 Å². The Hall–Kier alpha value is -2.92. The molecule has 1 aliphatic heterocycles. The van der Waals surface area contributed by atoms with E-state index in [0.29, 0.717) is 0 Å². The minimum atomic E-state index is -0.366. The number of nitrogens with one attached hydrogen (secondary N) is 1. The van der Waals surface area contributed by atoms with Crippen molar-refractivity contribution >= 4 is 23.2 Å². The van der Waals surface area contributed by atoms with Crippen LogP contribution in [-0.2, 0) is 0 Å². The Labute approximate surface area is 162 Å². The lowest BCUT2D eigenvalue weighted by atomic mass is 10.00. The first-order valence-electron chi connectivity index (χ1n) is 8.80. The van der Waals surface area contributed by atoms with Crippen LogP contribution in [0.4, 0.5) is 5.69 Å². The monoisotopic (exact) mass is 375 g/mol. The Bertz CT molecular complexity index is 966. The van der Waals surface area contributed by atoms with E-state index in [0.717, 1.165) is 23.4 Å². The van der Waals surface area contributed by atoms with Gasteiger partial charge in [0.05, 0.1) is 5.69 Å². The summed E-state index contributed by atoms with van der Waals surface area (Å²) in [6, 6.07) is 16.9. The summed E-state index contributed by atoms with van der Waals surface area (Å²) in [4.78, 5) is 0.842. The molecular weight excluding hydrogens is 356 g/mol. The largest absolute Gasteiger partial charge is 0.612 e. The van der Waals surface area contributed by atoms with Crippen molar-refractivity contribution < 1.29 is 4.90 Å². The van der Waals surface area contributed by atoms with Gasteiger partial charge in [0.2, 0.25) is 5.71 Å². The van der Waals surface area contributed by atoms with E-state index in [1.165, 1.54) is 16.0 Å². The highest BCUT2D eigenvalue weighted by molar-refractivity contribution is 7.99. The van der Waals surface area contributed by atoms with E-state index >= 15 is 0 Å². The van der Waals surface area contributed by atoms with E-state index in [-0.39, 0.29) is 15.9 Å². The van der Waals surface area contributed by atoms with Crippen molar-refractivity contribution in [2.75, 3.05) is 5.32 Å². The molecule has 4 rings (SSSR count). The Kier molecular flexibility index (Phi) is 4.77. The van der Waals surface area contributed by atoms with Gasteiger partial charge in [-0.2, -0.15) is 4.90 Å². The van der Waals surface area contributed by atoms with Gasteiger partial charge in [-0.25, -0.2) is 0 Å². The zero-order valence-corrected chi connectivity index (χ0v) is 15.7. The molecule has 4 nitrogen and oxygen atoms in total. The summed E-state index contributed by atoms with van der Waals surface area (Å²) in [6.45, 7) is 2.09. The molecule has 2 aliphatic rings. The van der Waals surface area contributed by atoms with Gasteiger partial charge in [0, 0.05) is 34.4 Å². The highest BCUT2D eigenvalue weighted by Crippen LogP contribution is 2.46. The fourth-order valence-corrected chi connectivity index (χ4v) is 4.46. The molecule has 0 saturated heterocycles. The highest BCUT2D eigenvalue weighted by atomic mass is 32.2. The minimum absolute atomic E-state index is 0.109. The van der Waals surface area contributed by atoms with E-state index in [9.17, 15) is 10.4 Å². The first kappa shape index (κ1) is 17.5. The molecule has 0 radical (unpaired) electrons. The maximum absolute atomic E-state index is 11.0. The number of allylic oxidation sites excluding steroid dienone is 6. The first-order chi connectivity index (χ1) is 13.1. The molecule has 0 bridgehead atoms. The van der Waals surface area contributed by atoms with Gasteiger partial charge < -0.3 is 15.7 Å². The summed E-state index contributed by atoms with van der Waals surface area (Å²) >= 11 is 1.85. The third kappa shape index (κ3) is 3.78. The van der Waals surface area contributed by atoms with E-state index in [4.69, 9.17) is 0 Å². The fourth-order valence-electron chi connectivity index (χ4n) is 3.21. The van der Waals surface area contributed by atoms with E-state index < -0.39 is 0 Å². The molecule has 1 unspecified atom stereocenters. The molecule has 1 aliphatic carbocycles. The maximum Gasteiger partial charge on any atom is 0.222 e. The van der Waals surface area contributed by atoms with Crippen LogP contribution in [0.3, 0.4) is 0 Å². The molecule has 2 aromatic carbocycles. The molecule has 2 aromatic rings. The predicted molar refractivity (Wildman–Crippen MR) is 112 cm³/mol. The third-order valence-electron chi connectivity index (χ3n) is 4.71. The van der Waals surface area contributed by atoms with Crippen molar-refractivity contribution in [3.63, 3.8) is 0 Å². The van der Waals surface area contributed by atoms with E-state index in [2.05, 4.69) is 54.7 Å². The van der Waals surface area contributed by atoms with Crippen LogP contribution < -0.4 is 5.32 Å². The Morgan fingerprint density at radius 2 is 1.67 bits per heavy atom. The van der Waals surface area contributed by atoms with Crippen LogP contribution >= 0.6 is 11.8 Å². The van der Waals surface area contributed by atoms with Gasteiger partial charge in [-0.3, -0.25) is 0 Å². The summed E-state index contributed by atoms with van der Waals surface area (Å²) in [5.74, 6) is 0. The number of thioether (sulfide) groups is 1. The molecule has 27 heavy (non-hydrogen) atoms. The number of nitrogens with zero attached hydrogens (tertiary/aromatic N) is 1. The van der Waals surface area contributed by atoms with Gasteiger partial charge in [-0.05, 0) is 42.3 Å². The molecule has 1 atom stereocenters. The number of benzene rings is 2. The third-order valence-corrected chi connectivity index (χ3v) is 6.04. The molecule has 0 spiro atoms. The summed E-state index contributed by atoms with van der Waals surface area (Å²) in [6.07, 6.45) is 7.60. The standard InChI is InChI=1S/C22H19N2O2S/c1-15-6-8-17(9-7-15)22-14-20(16-10-12-18(13-11-16)24(25)26)23-19-4-2-3-5-21(19)27-22/h2-13,22-23H,14H2,1H3/q-1. The van der Waals surface area contributed by atoms with Crippen molar-refractivity contribution in [3.8, 4) is 0 Å². The summed E-state index contributed by atoms with van der Waals surface area (Å²) < 4.78 is 0. The van der Waals surface area contributed by atoms with Crippen molar-refractivity contribution in [1.82, 2.24) is 0 Å². The SMILES string of the molecule is Cc1ccc(C2CC(=C3C=CC(=[N+]([O-])[O-])C=C3)Nc3ccccc3S2)cc1. The molecule has 0 fully saturated rings. The normalized spacial score (nSPS) is 18.7. The number of anilines is 1. The molecule has 0 aromatic heterocycles. The van der Waals surface area contributed by atoms with Gasteiger partial charge in [-0.1, -0.05) is 42.0 Å². The quantitative estimate of drug-likeness (QED) is 0.530. The van der Waals surface area contributed by atoms with Crippen molar-refractivity contribution in [2.45, 2.75) is 23.5 Å². The second-order valence-corrected chi connectivity index (χ2v) is 7.87. The number of aryl methyl sites for hydroxylation is 1. The van der Waals surface area contributed by atoms with Crippen LogP contribution in [0.1, 0.15) is 22.8 Å². The van der Waals surface area contributed by atoms with Crippen LogP contribution in [0, 0.1) is 17.3 Å². The Morgan fingerprint density at radius 1 is 0.963 bits per heavy atom. The fraction of sp³-hybridized carbons (Fsp3) is 0.136. The molecule has 136 valence electrons. The van der Waals surface area contributed by atoms with E-state index in [1.54, 1.807) is 12.2 Å². The van der Waals surface area contributed by atoms with Gasteiger partial charge in [0.15, 0.2) is 0 Å². The molecule has 0 saturated carbocycles. The Balaban J connectivity index is 1.75. The number of fused-ring (bicyclic) bond motifs is 1. The maximum atomic E-state index is 11.0. The number of hydrogen-bond acceptors (Lipinski definition) is 4. The van der Waals surface area contributed by atoms with Crippen LogP contribution in [0.5, 0.6) is 0 Å². The summed E-state index contributed by atoms with van der Waals surface area (Å²) in [7, 11) is 0. The second kappa shape index (κ2) is 7.37. The molecule has 1 heterocycles. The lowest BCUT2D eigenvalue weighted by Crippen LogP contribution is -2.09. The molecular formula is C22H19N2O2S-. The average molecular weight is 375 g/mol. The van der Waals surface area contributed by atoms with Crippen LogP contribution in [0.25, 0.3) is 0 Å². The number of hydrogen-bond donors (Lipinski definition) is 1. The first-order valence-corrected chi connectivity index (χ1v) is 9.68. The summed E-state index contributed by atoms with van der Waals surface area (Å²) in [5, 5.41) is 25.7. The molecule has 0 amide bonds. The van der Waals surface area contributed by atoms with Crippen LogP contribution in [0.15, 0.2) is 89.0 Å². The van der Waals surface area contributed by atoms with Crippen LogP contribution in [0.2, 0.25) is 0 Å². The molecule has 5 heteroatoms. The topological polar surface area (TPSA) is 61.2 Å². The highest BCUT2D eigenvalue weighted by Gasteiger charge is 2.23. The van der Waals surface area contributed by atoms with Gasteiger partial charge in [0.1, 0.15) is 0 Å². The van der Waals surface area contributed by atoms with E-state index in [1.807, 2.05) is 30.0 Å². The minimum Gasteiger partial charge on any atom is -0.612 e. The smallest absolute Gasteiger partial charge is 0.222 e. The number of rotatable bonds is 1. The van der Waals surface area contributed by atoms with Crippen molar-refractivity contribution in [2.24, 2.45) is 0 Å². The number of para-hydroxylation sites is 1. The predicted octanol–water partition coefficient (Wildman–Crippen LogP) is 5.47. The zero-order valence-electron chi connectivity index (χ0n) is 14.9. The Morgan fingerprint density at radius 3 is 2.37 bits per heavy atom. The van der Waals surface area contributed by atoms with Gasteiger partial charge >= 0.3 is 0 Å². The lowest BCUT2D eigenvalue weighted by molar-refractivity contribution is -0.377. The van der Waals surface area contributed by atoms with Crippen molar-refractivity contribution in [1.29, 1.82) is 0 Å². The lowest BCUT2D eigenvalue weighted by Gasteiger charge is -2.17. The van der Waals surface area contributed by atoms with Gasteiger partial charge in [-0.15, -0.1) is 11.8 Å². The second-order valence-electron chi connectivity index (χ2n) is 6.62. The molecule has 1 N–H and O–H groups in total.